The number of carbonyl (C=O) groups excluding carboxylic acids is 2. The molecule has 1 N–H and O–H groups in total. The van der Waals surface area contributed by atoms with Crippen molar-refractivity contribution in [3.05, 3.63) is 65.2 Å². The standard InChI is InChI=1S/C22H24N2O3/c1-15-6-8-16(9-7-15)27-17-10-12-24(13-11-17)21(25)14-20-18-4-2-3-5-19(18)22(26)23-20/h2-9,17,20H,10-14H2,1H3,(H,23,26). The van der Waals surface area contributed by atoms with Gasteiger partial charge in [0.05, 0.1) is 12.5 Å². The minimum absolute atomic E-state index is 0.0887. The molecule has 4 rings (SSSR count). The van der Waals surface area contributed by atoms with E-state index in [0.717, 1.165) is 24.2 Å². The van der Waals surface area contributed by atoms with Gasteiger partial charge in [0, 0.05) is 31.5 Å². The highest BCUT2D eigenvalue weighted by molar-refractivity contribution is 5.99. The first-order chi connectivity index (χ1) is 13.1. The van der Waals surface area contributed by atoms with E-state index in [1.54, 1.807) is 0 Å². The monoisotopic (exact) mass is 364 g/mol. The third-order valence-electron chi connectivity index (χ3n) is 5.38. The number of nitrogens with zero attached hydrogens (tertiary/aromatic N) is 1. The zero-order chi connectivity index (χ0) is 18.8. The fourth-order valence-corrected chi connectivity index (χ4v) is 3.82. The van der Waals surface area contributed by atoms with Crippen LogP contribution in [-0.4, -0.2) is 35.9 Å². The van der Waals surface area contributed by atoms with Crippen LogP contribution >= 0.6 is 0 Å². The molecule has 2 amide bonds. The Morgan fingerprint density at radius 2 is 1.81 bits per heavy atom. The molecule has 0 radical (unpaired) electrons. The van der Waals surface area contributed by atoms with Crippen LogP contribution in [0.3, 0.4) is 0 Å². The van der Waals surface area contributed by atoms with Crippen LogP contribution in [0.4, 0.5) is 0 Å². The SMILES string of the molecule is Cc1ccc(OC2CCN(C(=O)CC3NC(=O)c4ccccc43)CC2)cc1. The lowest BCUT2D eigenvalue weighted by Crippen LogP contribution is -2.42. The molecule has 2 aromatic carbocycles. The molecule has 140 valence electrons. The highest BCUT2D eigenvalue weighted by Crippen LogP contribution is 2.28. The number of amides is 2. The maximum absolute atomic E-state index is 12.7. The molecule has 2 heterocycles. The summed E-state index contributed by atoms with van der Waals surface area (Å²) < 4.78 is 6.04. The van der Waals surface area contributed by atoms with Crippen LogP contribution in [0.1, 0.15) is 46.8 Å². The molecule has 27 heavy (non-hydrogen) atoms. The number of aryl methyl sites for hydroxylation is 1. The lowest BCUT2D eigenvalue weighted by atomic mass is 10.0. The van der Waals surface area contributed by atoms with E-state index < -0.39 is 0 Å². The number of ether oxygens (including phenoxy) is 1. The smallest absolute Gasteiger partial charge is 0.252 e. The van der Waals surface area contributed by atoms with E-state index in [2.05, 4.69) is 12.2 Å². The zero-order valence-electron chi connectivity index (χ0n) is 15.5. The summed E-state index contributed by atoms with van der Waals surface area (Å²) in [5.74, 6) is 0.884. The van der Waals surface area contributed by atoms with Gasteiger partial charge >= 0.3 is 0 Å². The number of piperidine rings is 1. The normalized spacial score (nSPS) is 19.5. The van der Waals surface area contributed by atoms with E-state index >= 15 is 0 Å². The predicted molar refractivity (Wildman–Crippen MR) is 103 cm³/mol. The van der Waals surface area contributed by atoms with E-state index in [0.29, 0.717) is 25.1 Å². The van der Waals surface area contributed by atoms with Gasteiger partial charge in [-0.1, -0.05) is 35.9 Å². The predicted octanol–water partition coefficient (Wildman–Crippen LogP) is 3.24. The van der Waals surface area contributed by atoms with Crippen molar-refractivity contribution in [3.8, 4) is 5.75 Å². The van der Waals surface area contributed by atoms with E-state index in [4.69, 9.17) is 4.74 Å². The third kappa shape index (κ3) is 3.82. The van der Waals surface area contributed by atoms with Crippen LogP contribution < -0.4 is 10.1 Å². The molecule has 1 atom stereocenters. The van der Waals surface area contributed by atoms with Gasteiger partial charge in [0.1, 0.15) is 11.9 Å². The van der Waals surface area contributed by atoms with Gasteiger partial charge < -0.3 is 15.0 Å². The van der Waals surface area contributed by atoms with Gasteiger partial charge in [-0.05, 0) is 30.7 Å². The first-order valence-electron chi connectivity index (χ1n) is 9.51. The molecule has 0 aliphatic carbocycles. The number of carbonyl (C=O) groups is 2. The molecule has 1 saturated heterocycles. The van der Waals surface area contributed by atoms with Crippen molar-refractivity contribution < 1.29 is 14.3 Å². The molecule has 5 nitrogen and oxygen atoms in total. The molecular formula is C22H24N2O3. The molecule has 0 spiro atoms. The van der Waals surface area contributed by atoms with Crippen LogP contribution in [0, 0.1) is 6.92 Å². The Morgan fingerprint density at radius 1 is 1.11 bits per heavy atom. The van der Waals surface area contributed by atoms with Crippen molar-refractivity contribution >= 4 is 11.8 Å². The van der Waals surface area contributed by atoms with Gasteiger partial charge in [-0.2, -0.15) is 0 Å². The molecular weight excluding hydrogens is 340 g/mol. The molecule has 0 bridgehead atoms. The summed E-state index contributed by atoms with van der Waals surface area (Å²) >= 11 is 0. The number of likely N-dealkylation sites (tertiary alicyclic amines) is 1. The summed E-state index contributed by atoms with van der Waals surface area (Å²) in [5, 5.41) is 2.92. The van der Waals surface area contributed by atoms with Crippen molar-refractivity contribution in [2.24, 2.45) is 0 Å². The van der Waals surface area contributed by atoms with Crippen molar-refractivity contribution in [1.82, 2.24) is 10.2 Å². The average molecular weight is 364 g/mol. The lowest BCUT2D eigenvalue weighted by molar-refractivity contribution is -0.133. The number of benzene rings is 2. The van der Waals surface area contributed by atoms with Crippen LogP contribution in [0.15, 0.2) is 48.5 Å². The van der Waals surface area contributed by atoms with E-state index in [-0.39, 0.29) is 24.0 Å². The maximum atomic E-state index is 12.7. The minimum Gasteiger partial charge on any atom is -0.490 e. The number of hydrogen-bond acceptors (Lipinski definition) is 3. The summed E-state index contributed by atoms with van der Waals surface area (Å²) in [6.45, 7) is 3.44. The average Bonchev–Trinajstić information content (AvgIpc) is 3.00. The van der Waals surface area contributed by atoms with Crippen molar-refractivity contribution in [2.45, 2.75) is 38.3 Å². The van der Waals surface area contributed by atoms with Gasteiger partial charge in [-0.3, -0.25) is 9.59 Å². The Labute approximate surface area is 159 Å². The van der Waals surface area contributed by atoms with Gasteiger partial charge in [0.2, 0.25) is 5.91 Å². The van der Waals surface area contributed by atoms with Crippen molar-refractivity contribution in [2.75, 3.05) is 13.1 Å². The van der Waals surface area contributed by atoms with Crippen LogP contribution in [0.2, 0.25) is 0 Å². The van der Waals surface area contributed by atoms with Crippen LogP contribution in [0.5, 0.6) is 5.75 Å². The molecule has 2 aliphatic rings. The molecule has 0 aromatic heterocycles. The Morgan fingerprint density at radius 3 is 2.56 bits per heavy atom. The van der Waals surface area contributed by atoms with E-state index in [1.165, 1.54) is 5.56 Å². The number of fused-ring (bicyclic) bond motifs is 1. The molecule has 2 aliphatic heterocycles. The van der Waals surface area contributed by atoms with Crippen LogP contribution in [0.25, 0.3) is 0 Å². The van der Waals surface area contributed by atoms with Crippen LogP contribution in [-0.2, 0) is 4.79 Å². The maximum Gasteiger partial charge on any atom is 0.252 e. The fraction of sp³-hybridized carbons (Fsp3) is 0.364. The second-order valence-electron chi connectivity index (χ2n) is 7.33. The summed E-state index contributed by atoms with van der Waals surface area (Å²) in [4.78, 5) is 26.6. The Bertz CT molecular complexity index is 839. The van der Waals surface area contributed by atoms with Gasteiger partial charge in [0.25, 0.3) is 5.91 Å². The Kier molecular flexibility index (Phi) is 4.84. The lowest BCUT2D eigenvalue weighted by Gasteiger charge is -2.33. The quantitative estimate of drug-likeness (QED) is 0.906. The second kappa shape index (κ2) is 7.43. The minimum atomic E-state index is -0.220. The topological polar surface area (TPSA) is 58.6 Å². The van der Waals surface area contributed by atoms with Gasteiger partial charge in [-0.25, -0.2) is 0 Å². The fourth-order valence-electron chi connectivity index (χ4n) is 3.82. The first kappa shape index (κ1) is 17.6. The molecule has 0 saturated carbocycles. The summed E-state index contributed by atoms with van der Waals surface area (Å²) in [6, 6.07) is 15.3. The van der Waals surface area contributed by atoms with Gasteiger partial charge in [0.15, 0.2) is 0 Å². The largest absolute Gasteiger partial charge is 0.490 e. The third-order valence-corrected chi connectivity index (χ3v) is 5.38. The van der Waals surface area contributed by atoms with E-state index in [1.807, 2.05) is 53.4 Å². The Balaban J connectivity index is 1.30. The number of nitrogens with one attached hydrogen (secondary N) is 1. The molecule has 1 unspecified atom stereocenters. The summed E-state index contributed by atoms with van der Waals surface area (Å²) in [5.41, 5.74) is 2.82. The molecule has 2 aromatic rings. The van der Waals surface area contributed by atoms with Crippen molar-refractivity contribution in [1.29, 1.82) is 0 Å². The summed E-state index contributed by atoms with van der Waals surface area (Å²) in [7, 11) is 0. The van der Waals surface area contributed by atoms with Crippen molar-refractivity contribution in [3.63, 3.8) is 0 Å². The highest BCUT2D eigenvalue weighted by atomic mass is 16.5. The first-order valence-corrected chi connectivity index (χ1v) is 9.51. The Hall–Kier alpha value is -2.82. The molecule has 1 fully saturated rings. The number of hydrogen-bond donors (Lipinski definition) is 1. The molecule has 5 heteroatoms. The number of rotatable bonds is 4. The van der Waals surface area contributed by atoms with Gasteiger partial charge in [-0.15, -0.1) is 0 Å². The van der Waals surface area contributed by atoms with E-state index in [9.17, 15) is 9.59 Å². The second-order valence-corrected chi connectivity index (χ2v) is 7.33. The zero-order valence-corrected chi connectivity index (χ0v) is 15.5. The summed E-state index contributed by atoms with van der Waals surface area (Å²) in [6.07, 6.45) is 2.11. The highest BCUT2D eigenvalue weighted by Gasteiger charge is 2.32.